The fraction of sp³-hybridized carbons (Fsp3) is 0.588. The second-order valence-electron chi connectivity index (χ2n) is 6.40. The number of benzene rings is 1. The van der Waals surface area contributed by atoms with Gasteiger partial charge in [-0.15, -0.1) is 0 Å². The summed E-state index contributed by atoms with van der Waals surface area (Å²) < 4.78 is 14.7. The molecule has 0 aromatic heterocycles. The Bertz CT molecular complexity index is 566. The third-order valence-corrected chi connectivity index (χ3v) is 5.43. The first kappa shape index (κ1) is 15.9. The minimum absolute atomic E-state index is 0.167. The lowest BCUT2D eigenvalue weighted by atomic mass is 10.1. The highest BCUT2D eigenvalue weighted by atomic mass is 79.9. The van der Waals surface area contributed by atoms with Crippen LogP contribution in [0.1, 0.15) is 43.0 Å². The van der Waals surface area contributed by atoms with E-state index < -0.39 is 5.82 Å². The molecule has 2 saturated heterocycles. The van der Waals surface area contributed by atoms with Crippen molar-refractivity contribution < 1.29 is 9.18 Å². The van der Waals surface area contributed by atoms with Gasteiger partial charge in [0.15, 0.2) is 0 Å². The van der Waals surface area contributed by atoms with Gasteiger partial charge in [0.25, 0.3) is 5.91 Å². The lowest BCUT2D eigenvalue weighted by molar-refractivity contribution is 0.0692. The number of hydrogen-bond acceptors (Lipinski definition) is 2. The van der Waals surface area contributed by atoms with E-state index in [1.807, 2.05) is 4.90 Å². The van der Waals surface area contributed by atoms with E-state index in [4.69, 9.17) is 0 Å². The second kappa shape index (κ2) is 6.67. The van der Waals surface area contributed by atoms with Crippen molar-refractivity contribution in [2.45, 2.75) is 44.7 Å². The summed E-state index contributed by atoms with van der Waals surface area (Å²) in [6.07, 6.45) is 4.51. The van der Waals surface area contributed by atoms with E-state index >= 15 is 0 Å². The van der Waals surface area contributed by atoms with E-state index in [0.717, 1.165) is 32.5 Å². The lowest BCUT2D eigenvalue weighted by Crippen LogP contribution is -2.44. The molecule has 0 saturated carbocycles. The van der Waals surface area contributed by atoms with Crippen LogP contribution in [0, 0.1) is 5.82 Å². The Morgan fingerprint density at radius 2 is 2.09 bits per heavy atom. The number of amides is 1. The third-order valence-electron chi connectivity index (χ3n) is 4.94. The summed E-state index contributed by atoms with van der Waals surface area (Å²) in [4.78, 5) is 17.0. The van der Waals surface area contributed by atoms with Crippen LogP contribution in [0.4, 0.5) is 4.39 Å². The number of hydrogen-bond donors (Lipinski definition) is 0. The van der Waals surface area contributed by atoms with Crippen molar-refractivity contribution in [1.29, 1.82) is 0 Å². The molecule has 120 valence electrons. The van der Waals surface area contributed by atoms with E-state index in [0.29, 0.717) is 10.5 Å². The van der Waals surface area contributed by atoms with Crippen LogP contribution < -0.4 is 0 Å². The van der Waals surface area contributed by atoms with Crippen LogP contribution in [-0.2, 0) is 0 Å². The molecule has 2 aliphatic heterocycles. The van der Waals surface area contributed by atoms with Crippen molar-refractivity contribution >= 4 is 21.8 Å². The number of likely N-dealkylation sites (tertiary alicyclic amines) is 2. The molecule has 3 nitrogen and oxygen atoms in total. The molecule has 0 unspecified atom stereocenters. The van der Waals surface area contributed by atoms with Crippen molar-refractivity contribution in [2.24, 2.45) is 0 Å². The van der Waals surface area contributed by atoms with E-state index in [2.05, 4.69) is 27.8 Å². The van der Waals surface area contributed by atoms with Crippen LogP contribution in [0.2, 0.25) is 0 Å². The molecule has 2 fully saturated rings. The Morgan fingerprint density at radius 1 is 1.32 bits per heavy atom. The topological polar surface area (TPSA) is 23.6 Å². The maximum absolute atomic E-state index is 14.1. The molecule has 22 heavy (non-hydrogen) atoms. The summed E-state index contributed by atoms with van der Waals surface area (Å²) in [5.74, 6) is -0.612. The van der Waals surface area contributed by atoms with Crippen LogP contribution >= 0.6 is 15.9 Å². The second-order valence-corrected chi connectivity index (χ2v) is 7.32. The van der Waals surface area contributed by atoms with Crippen molar-refractivity contribution in [2.75, 3.05) is 19.6 Å². The first-order valence-electron chi connectivity index (χ1n) is 8.06. The Kier molecular flexibility index (Phi) is 4.83. The summed E-state index contributed by atoms with van der Waals surface area (Å²) in [5.41, 5.74) is 0.185. The molecule has 0 spiro atoms. The van der Waals surface area contributed by atoms with Gasteiger partial charge in [-0.3, -0.25) is 9.69 Å². The highest BCUT2D eigenvalue weighted by Gasteiger charge is 2.33. The SMILES string of the molecule is C[C@@H]1CCCN1C[C@@H]1CCCN1C(=O)c1ccc(Br)cc1F. The maximum atomic E-state index is 14.1. The minimum Gasteiger partial charge on any atom is -0.334 e. The smallest absolute Gasteiger partial charge is 0.257 e. The van der Waals surface area contributed by atoms with E-state index in [-0.39, 0.29) is 17.5 Å². The molecule has 5 heteroatoms. The van der Waals surface area contributed by atoms with Crippen molar-refractivity contribution in [3.8, 4) is 0 Å². The molecule has 2 heterocycles. The quantitative estimate of drug-likeness (QED) is 0.812. The Balaban J connectivity index is 1.73. The van der Waals surface area contributed by atoms with Crippen molar-refractivity contribution in [1.82, 2.24) is 9.80 Å². The zero-order valence-electron chi connectivity index (χ0n) is 12.9. The van der Waals surface area contributed by atoms with E-state index in [1.54, 1.807) is 12.1 Å². The first-order chi connectivity index (χ1) is 10.6. The van der Waals surface area contributed by atoms with Gasteiger partial charge in [0, 0.05) is 29.6 Å². The fourth-order valence-electron chi connectivity index (χ4n) is 3.65. The molecule has 2 aliphatic rings. The van der Waals surface area contributed by atoms with Gasteiger partial charge in [-0.05, 0) is 57.4 Å². The van der Waals surface area contributed by atoms with Gasteiger partial charge in [-0.2, -0.15) is 0 Å². The number of halogens is 2. The molecule has 1 aromatic rings. The van der Waals surface area contributed by atoms with Crippen molar-refractivity contribution in [3.05, 3.63) is 34.1 Å². The molecule has 0 N–H and O–H groups in total. The zero-order chi connectivity index (χ0) is 15.7. The summed E-state index contributed by atoms with van der Waals surface area (Å²) >= 11 is 3.23. The number of carbonyl (C=O) groups excluding carboxylic acids is 1. The van der Waals surface area contributed by atoms with Crippen LogP contribution in [0.25, 0.3) is 0 Å². The highest BCUT2D eigenvalue weighted by Crippen LogP contribution is 2.26. The summed E-state index contributed by atoms with van der Waals surface area (Å²) in [5, 5.41) is 0. The van der Waals surface area contributed by atoms with Crippen molar-refractivity contribution in [3.63, 3.8) is 0 Å². The Morgan fingerprint density at radius 3 is 2.77 bits per heavy atom. The van der Waals surface area contributed by atoms with Gasteiger partial charge in [-0.25, -0.2) is 4.39 Å². The van der Waals surface area contributed by atoms with Crippen LogP contribution in [0.15, 0.2) is 22.7 Å². The largest absolute Gasteiger partial charge is 0.334 e. The standard InChI is InChI=1S/C17H22BrFN2O/c1-12-4-2-8-20(12)11-14-5-3-9-21(14)17(22)15-7-6-13(18)10-16(15)19/h6-7,10,12,14H,2-5,8-9,11H2,1H3/t12-,14+/m1/s1. The average Bonchev–Trinajstić information content (AvgIpc) is 3.09. The molecule has 2 atom stereocenters. The van der Waals surface area contributed by atoms with E-state index in [1.165, 1.54) is 18.9 Å². The normalized spacial score (nSPS) is 25.9. The fourth-order valence-corrected chi connectivity index (χ4v) is 3.98. The molecule has 0 radical (unpaired) electrons. The third kappa shape index (κ3) is 3.20. The number of nitrogens with zero attached hydrogens (tertiary/aromatic N) is 2. The molecule has 1 amide bonds. The van der Waals surface area contributed by atoms with Gasteiger partial charge in [0.2, 0.25) is 0 Å². The molecule has 3 rings (SSSR count). The monoisotopic (exact) mass is 368 g/mol. The Hall–Kier alpha value is -0.940. The molecule has 0 bridgehead atoms. The molecular formula is C17H22BrFN2O. The molecular weight excluding hydrogens is 347 g/mol. The highest BCUT2D eigenvalue weighted by molar-refractivity contribution is 9.10. The predicted molar refractivity (Wildman–Crippen MR) is 88.4 cm³/mol. The van der Waals surface area contributed by atoms with Gasteiger partial charge in [0.05, 0.1) is 5.56 Å². The van der Waals surface area contributed by atoms with Crippen LogP contribution in [0.5, 0.6) is 0 Å². The number of rotatable bonds is 3. The lowest BCUT2D eigenvalue weighted by Gasteiger charge is -2.31. The summed E-state index contributed by atoms with van der Waals surface area (Å²) in [6, 6.07) is 5.48. The van der Waals surface area contributed by atoms with Gasteiger partial charge >= 0.3 is 0 Å². The molecule has 0 aliphatic carbocycles. The van der Waals surface area contributed by atoms with Crippen LogP contribution in [-0.4, -0.2) is 47.4 Å². The van der Waals surface area contributed by atoms with E-state index in [9.17, 15) is 9.18 Å². The van der Waals surface area contributed by atoms with Crippen LogP contribution in [0.3, 0.4) is 0 Å². The Labute approximate surface area is 139 Å². The minimum atomic E-state index is -0.445. The maximum Gasteiger partial charge on any atom is 0.257 e. The predicted octanol–water partition coefficient (Wildman–Crippen LogP) is 3.68. The number of carbonyl (C=O) groups is 1. The van der Waals surface area contributed by atoms with Gasteiger partial charge in [-0.1, -0.05) is 15.9 Å². The molecule has 1 aromatic carbocycles. The van der Waals surface area contributed by atoms with Gasteiger partial charge < -0.3 is 4.90 Å². The summed E-state index contributed by atoms with van der Waals surface area (Å²) in [7, 11) is 0. The first-order valence-corrected chi connectivity index (χ1v) is 8.85. The van der Waals surface area contributed by atoms with Gasteiger partial charge in [0.1, 0.15) is 5.82 Å². The zero-order valence-corrected chi connectivity index (χ0v) is 14.5. The summed E-state index contributed by atoms with van der Waals surface area (Å²) in [6.45, 7) is 5.03. The average molecular weight is 369 g/mol.